The monoisotopic (exact) mass is 454 g/mol. The molecule has 0 fully saturated rings. The van der Waals surface area contributed by atoms with E-state index in [2.05, 4.69) is 0 Å². The molecule has 6 nitrogen and oxygen atoms in total. The third-order valence-electron chi connectivity index (χ3n) is 4.11. The second kappa shape index (κ2) is 7.07. The Morgan fingerprint density at radius 2 is 1.53 bits per heavy atom. The number of nitrogens with one attached hydrogen (secondary N) is 1. The van der Waals surface area contributed by atoms with Gasteiger partial charge in [-0.15, -0.1) is 0 Å². The van der Waals surface area contributed by atoms with Crippen LogP contribution < -0.4 is 10.5 Å². The molecule has 0 saturated carbocycles. The molecule has 0 spiro atoms. The molecule has 162 valence electrons. The SMILES string of the molecule is CCn1c(=O)oc2cc(S(=O)(=O)Nc3cc(C(F)(F)F)cc(C(F)(F)F)c3)ccc21. The van der Waals surface area contributed by atoms with Crippen molar-refractivity contribution in [3.05, 3.63) is 58.1 Å². The number of aryl methyl sites for hydroxylation is 1. The fraction of sp³-hybridized carbons (Fsp3) is 0.235. The number of sulfonamides is 1. The van der Waals surface area contributed by atoms with E-state index in [-0.39, 0.29) is 35.8 Å². The predicted octanol–water partition coefficient (Wildman–Crippen LogP) is 4.45. The lowest BCUT2D eigenvalue weighted by Crippen LogP contribution is -2.16. The number of aromatic nitrogens is 1. The third kappa shape index (κ3) is 4.15. The summed E-state index contributed by atoms with van der Waals surface area (Å²) in [7, 11) is -4.60. The zero-order valence-electron chi connectivity index (χ0n) is 14.9. The van der Waals surface area contributed by atoms with E-state index in [1.807, 2.05) is 0 Å². The molecule has 2 aromatic carbocycles. The molecule has 30 heavy (non-hydrogen) atoms. The van der Waals surface area contributed by atoms with Gasteiger partial charge >= 0.3 is 18.1 Å². The van der Waals surface area contributed by atoms with E-state index in [0.717, 1.165) is 12.1 Å². The number of anilines is 1. The van der Waals surface area contributed by atoms with Gasteiger partial charge in [-0.25, -0.2) is 13.2 Å². The molecule has 0 aliphatic heterocycles. The van der Waals surface area contributed by atoms with Crippen LogP contribution in [0.25, 0.3) is 11.1 Å². The highest BCUT2D eigenvalue weighted by molar-refractivity contribution is 7.92. The van der Waals surface area contributed by atoms with Crippen molar-refractivity contribution in [3.63, 3.8) is 0 Å². The highest BCUT2D eigenvalue weighted by Gasteiger charge is 2.37. The van der Waals surface area contributed by atoms with E-state index in [0.29, 0.717) is 0 Å². The Bertz CT molecular complexity index is 1240. The molecule has 0 bridgehead atoms. The van der Waals surface area contributed by atoms with Gasteiger partial charge in [0, 0.05) is 12.6 Å². The number of hydrogen-bond donors (Lipinski definition) is 1. The Morgan fingerprint density at radius 1 is 0.967 bits per heavy atom. The molecule has 1 aromatic heterocycles. The van der Waals surface area contributed by atoms with Crippen molar-refractivity contribution < 1.29 is 39.2 Å². The van der Waals surface area contributed by atoms with Crippen LogP contribution in [-0.4, -0.2) is 13.0 Å². The van der Waals surface area contributed by atoms with Crippen molar-refractivity contribution in [1.82, 2.24) is 4.57 Å². The van der Waals surface area contributed by atoms with Crippen LogP contribution in [0, 0.1) is 0 Å². The Labute approximate surface area is 164 Å². The summed E-state index contributed by atoms with van der Waals surface area (Å²) in [4.78, 5) is 11.2. The summed E-state index contributed by atoms with van der Waals surface area (Å²) in [5.41, 5.74) is -4.09. The van der Waals surface area contributed by atoms with Crippen LogP contribution in [0.4, 0.5) is 32.0 Å². The van der Waals surface area contributed by atoms with Crippen molar-refractivity contribution in [1.29, 1.82) is 0 Å². The Hall–Kier alpha value is -2.96. The number of nitrogens with zero attached hydrogens (tertiary/aromatic N) is 1. The van der Waals surface area contributed by atoms with Crippen LogP contribution in [0.1, 0.15) is 18.1 Å². The first kappa shape index (κ1) is 21.7. The summed E-state index contributed by atoms with van der Waals surface area (Å²) in [6.07, 6.45) is -10.3. The van der Waals surface area contributed by atoms with E-state index >= 15 is 0 Å². The number of hydrogen-bond acceptors (Lipinski definition) is 4. The third-order valence-corrected chi connectivity index (χ3v) is 5.49. The van der Waals surface area contributed by atoms with E-state index in [1.54, 1.807) is 11.6 Å². The average Bonchev–Trinajstić information content (AvgIpc) is 2.93. The number of alkyl halides is 6. The van der Waals surface area contributed by atoms with Crippen LogP contribution in [0.15, 0.2) is 50.5 Å². The summed E-state index contributed by atoms with van der Waals surface area (Å²) in [5.74, 6) is -0.747. The van der Waals surface area contributed by atoms with Gasteiger partial charge in [0.05, 0.1) is 27.2 Å². The van der Waals surface area contributed by atoms with Crippen LogP contribution in [0.2, 0.25) is 0 Å². The second-order valence-electron chi connectivity index (χ2n) is 6.14. The molecule has 0 aliphatic carbocycles. The van der Waals surface area contributed by atoms with Crippen LogP contribution in [-0.2, 0) is 28.9 Å². The molecule has 0 amide bonds. The number of benzene rings is 2. The maximum absolute atomic E-state index is 13.0. The second-order valence-corrected chi connectivity index (χ2v) is 7.82. The Balaban J connectivity index is 2.06. The lowest BCUT2D eigenvalue weighted by molar-refractivity contribution is -0.143. The van der Waals surface area contributed by atoms with Gasteiger partial charge in [0.1, 0.15) is 0 Å². The highest BCUT2D eigenvalue weighted by atomic mass is 32.2. The highest BCUT2D eigenvalue weighted by Crippen LogP contribution is 2.38. The molecular weight excluding hydrogens is 442 g/mol. The summed E-state index contributed by atoms with van der Waals surface area (Å²) < 4.78 is 111. The smallest absolute Gasteiger partial charge is 0.408 e. The van der Waals surface area contributed by atoms with Gasteiger partial charge < -0.3 is 4.42 Å². The van der Waals surface area contributed by atoms with Gasteiger partial charge in [-0.05, 0) is 37.3 Å². The fourth-order valence-electron chi connectivity index (χ4n) is 2.74. The van der Waals surface area contributed by atoms with Crippen LogP contribution in [0.5, 0.6) is 0 Å². The normalized spacial score (nSPS) is 13.0. The standard InChI is InChI=1S/C17H12F6N2O4S/c1-2-25-13-4-3-12(8-14(13)29-15(25)26)30(27,28)24-11-6-9(16(18,19)20)5-10(7-11)17(21,22)23/h3-8,24H,2H2,1H3. The van der Waals surface area contributed by atoms with Crippen molar-refractivity contribution in [2.45, 2.75) is 30.7 Å². The minimum atomic E-state index is -5.13. The van der Waals surface area contributed by atoms with Gasteiger partial charge in [-0.3, -0.25) is 9.29 Å². The summed E-state index contributed by atoms with van der Waals surface area (Å²) in [5, 5.41) is 0. The van der Waals surface area contributed by atoms with Gasteiger partial charge in [-0.1, -0.05) is 0 Å². The van der Waals surface area contributed by atoms with Gasteiger partial charge in [0.25, 0.3) is 10.0 Å². The first-order chi connectivity index (χ1) is 13.7. The summed E-state index contributed by atoms with van der Waals surface area (Å²) in [6, 6.07) is 3.61. The van der Waals surface area contributed by atoms with Crippen molar-refractivity contribution in [2.75, 3.05) is 4.72 Å². The molecule has 0 saturated heterocycles. The molecule has 0 atom stereocenters. The number of rotatable bonds is 4. The maximum Gasteiger partial charge on any atom is 0.419 e. The van der Waals surface area contributed by atoms with E-state index < -0.39 is 49.8 Å². The van der Waals surface area contributed by atoms with Crippen LogP contribution in [0.3, 0.4) is 0 Å². The molecular formula is C17H12F6N2O4S. The largest absolute Gasteiger partial charge is 0.419 e. The topological polar surface area (TPSA) is 81.3 Å². The predicted molar refractivity (Wildman–Crippen MR) is 93.4 cm³/mol. The number of halogens is 6. The zero-order chi connectivity index (χ0) is 22.5. The number of oxazole rings is 1. The van der Waals surface area contributed by atoms with Crippen molar-refractivity contribution >= 4 is 26.8 Å². The average molecular weight is 454 g/mol. The van der Waals surface area contributed by atoms with Crippen molar-refractivity contribution in [2.24, 2.45) is 0 Å². The summed E-state index contributed by atoms with van der Waals surface area (Å²) in [6.45, 7) is 1.88. The minimum Gasteiger partial charge on any atom is -0.408 e. The minimum absolute atomic E-state index is 0.107. The lowest BCUT2D eigenvalue weighted by atomic mass is 10.1. The van der Waals surface area contributed by atoms with E-state index in [4.69, 9.17) is 4.42 Å². The molecule has 3 aromatic rings. The molecule has 0 aliphatic rings. The first-order valence-electron chi connectivity index (χ1n) is 8.18. The molecule has 1 N–H and O–H groups in total. The van der Waals surface area contributed by atoms with Gasteiger partial charge in [0.15, 0.2) is 5.58 Å². The van der Waals surface area contributed by atoms with Crippen molar-refractivity contribution in [3.8, 4) is 0 Å². The molecule has 3 rings (SSSR count). The molecule has 0 unspecified atom stereocenters. The fourth-order valence-corrected chi connectivity index (χ4v) is 3.80. The quantitative estimate of drug-likeness (QED) is 0.591. The first-order valence-corrected chi connectivity index (χ1v) is 9.66. The molecule has 0 radical (unpaired) electrons. The van der Waals surface area contributed by atoms with E-state index in [9.17, 15) is 39.6 Å². The van der Waals surface area contributed by atoms with Gasteiger partial charge in [-0.2, -0.15) is 26.3 Å². The maximum atomic E-state index is 13.0. The summed E-state index contributed by atoms with van der Waals surface area (Å²) >= 11 is 0. The van der Waals surface area contributed by atoms with E-state index in [1.165, 1.54) is 10.6 Å². The van der Waals surface area contributed by atoms with Gasteiger partial charge in [0.2, 0.25) is 0 Å². The Kier molecular flexibility index (Phi) is 5.13. The number of fused-ring (bicyclic) bond motifs is 1. The lowest BCUT2D eigenvalue weighted by Gasteiger charge is -2.15. The molecule has 13 heteroatoms. The molecule has 1 heterocycles. The Morgan fingerprint density at radius 3 is 2.03 bits per heavy atom. The van der Waals surface area contributed by atoms with Crippen LogP contribution >= 0.6 is 0 Å². The zero-order valence-corrected chi connectivity index (χ0v) is 15.7.